The molecule has 4 heteroatoms. The highest BCUT2D eigenvalue weighted by molar-refractivity contribution is 4.98. The summed E-state index contributed by atoms with van der Waals surface area (Å²) in [5.41, 5.74) is 0.0945. The predicted octanol–water partition coefficient (Wildman–Crippen LogP) is 0.524. The van der Waals surface area contributed by atoms with Crippen LogP contribution < -0.4 is 10.6 Å². The van der Waals surface area contributed by atoms with Crippen molar-refractivity contribution in [3.8, 4) is 0 Å². The van der Waals surface area contributed by atoms with E-state index in [2.05, 4.69) is 10.6 Å². The largest absolute Gasteiger partial charge is 0.385 e. The van der Waals surface area contributed by atoms with Gasteiger partial charge in [-0.1, -0.05) is 0 Å². The molecule has 2 N–H and O–H groups in total. The summed E-state index contributed by atoms with van der Waals surface area (Å²) in [4.78, 5) is 0. The zero-order valence-electron chi connectivity index (χ0n) is 10.3. The van der Waals surface area contributed by atoms with Crippen LogP contribution in [0.25, 0.3) is 0 Å². The molecule has 0 aromatic carbocycles. The Hall–Kier alpha value is -0.160. The van der Waals surface area contributed by atoms with Gasteiger partial charge in [0.25, 0.3) is 0 Å². The Morgan fingerprint density at radius 2 is 2.12 bits per heavy atom. The minimum Gasteiger partial charge on any atom is -0.385 e. The molecule has 0 aromatic heterocycles. The van der Waals surface area contributed by atoms with Gasteiger partial charge in [-0.05, 0) is 38.8 Å². The van der Waals surface area contributed by atoms with E-state index in [9.17, 15) is 0 Å². The zero-order valence-corrected chi connectivity index (χ0v) is 10.3. The molecule has 94 valence electrons. The normalized spacial score (nSPS) is 29.4. The summed E-state index contributed by atoms with van der Waals surface area (Å²) in [6.45, 7) is 4.88. The molecule has 0 aromatic rings. The summed E-state index contributed by atoms with van der Waals surface area (Å²) < 4.78 is 11.2. The fourth-order valence-electron chi connectivity index (χ4n) is 2.91. The lowest BCUT2D eigenvalue weighted by atomic mass is 9.81. The van der Waals surface area contributed by atoms with Crippen LogP contribution in [0.15, 0.2) is 0 Å². The number of hydrogen-bond acceptors (Lipinski definition) is 4. The number of morpholine rings is 1. The van der Waals surface area contributed by atoms with E-state index in [0.29, 0.717) is 6.04 Å². The van der Waals surface area contributed by atoms with E-state index in [-0.39, 0.29) is 5.60 Å². The molecule has 2 heterocycles. The molecular weight excluding hydrogens is 204 g/mol. The van der Waals surface area contributed by atoms with Crippen molar-refractivity contribution < 1.29 is 9.47 Å². The number of nitrogens with one attached hydrogen (secondary N) is 2. The number of piperidine rings is 1. The van der Waals surface area contributed by atoms with Gasteiger partial charge in [0.15, 0.2) is 0 Å². The second-order valence-corrected chi connectivity index (χ2v) is 4.80. The summed E-state index contributed by atoms with van der Waals surface area (Å²) in [5, 5.41) is 7.04. The Kier molecular flexibility index (Phi) is 4.58. The maximum atomic E-state index is 6.11. The molecule has 2 saturated heterocycles. The van der Waals surface area contributed by atoms with E-state index in [1.165, 1.54) is 0 Å². The Balaban J connectivity index is 1.90. The molecule has 2 rings (SSSR count). The number of methoxy groups -OCH3 is 1. The lowest BCUT2D eigenvalue weighted by molar-refractivity contribution is -0.116. The topological polar surface area (TPSA) is 42.5 Å². The van der Waals surface area contributed by atoms with Gasteiger partial charge < -0.3 is 20.1 Å². The maximum absolute atomic E-state index is 6.11. The van der Waals surface area contributed by atoms with Crippen LogP contribution in [0.1, 0.15) is 25.7 Å². The quantitative estimate of drug-likeness (QED) is 0.689. The minimum atomic E-state index is 0.0945. The third-order valence-corrected chi connectivity index (χ3v) is 3.81. The molecular formula is C12H24N2O2. The van der Waals surface area contributed by atoms with Crippen molar-refractivity contribution in [1.29, 1.82) is 0 Å². The Labute approximate surface area is 98.1 Å². The van der Waals surface area contributed by atoms with Gasteiger partial charge in [0.1, 0.15) is 0 Å². The predicted molar refractivity (Wildman–Crippen MR) is 63.7 cm³/mol. The van der Waals surface area contributed by atoms with Crippen LogP contribution in [0.5, 0.6) is 0 Å². The van der Waals surface area contributed by atoms with E-state index in [1.54, 1.807) is 7.11 Å². The molecule has 4 nitrogen and oxygen atoms in total. The standard InChI is InChI=1S/C12H24N2O2/c1-15-9-2-3-11-12(16-10-8-14-11)4-6-13-7-5-12/h11,13-14H,2-10H2,1H3. The van der Waals surface area contributed by atoms with E-state index < -0.39 is 0 Å². The van der Waals surface area contributed by atoms with E-state index in [4.69, 9.17) is 9.47 Å². The van der Waals surface area contributed by atoms with Crippen LogP contribution >= 0.6 is 0 Å². The average Bonchev–Trinajstić information content (AvgIpc) is 2.33. The molecule has 0 amide bonds. The first-order valence-corrected chi connectivity index (χ1v) is 6.44. The molecule has 1 atom stereocenters. The summed E-state index contributed by atoms with van der Waals surface area (Å²) in [6, 6.07) is 0.512. The SMILES string of the molecule is COCCCC1NCCOC12CCNCC2. The first-order valence-electron chi connectivity index (χ1n) is 6.44. The smallest absolute Gasteiger partial charge is 0.0859 e. The van der Waals surface area contributed by atoms with E-state index in [1.807, 2.05) is 0 Å². The Bertz CT molecular complexity index is 197. The molecule has 0 radical (unpaired) electrons. The van der Waals surface area contributed by atoms with Crippen molar-refractivity contribution in [2.24, 2.45) is 0 Å². The van der Waals surface area contributed by atoms with Gasteiger partial charge in [-0.3, -0.25) is 0 Å². The molecule has 1 unspecified atom stereocenters. The second-order valence-electron chi connectivity index (χ2n) is 4.80. The maximum Gasteiger partial charge on any atom is 0.0859 e. The zero-order chi connectivity index (χ0) is 11.3. The highest BCUT2D eigenvalue weighted by Crippen LogP contribution is 2.31. The van der Waals surface area contributed by atoms with E-state index >= 15 is 0 Å². The Morgan fingerprint density at radius 1 is 1.31 bits per heavy atom. The molecule has 0 aliphatic carbocycles. The number of rotatable bonds is 4. The average molecular weight is 228 g/mol. The van der Waals surface area contributed by atoms with Crippen molar-refractivity contribution >= 4 is 0 Å². The lowest BCUT2D eigenvalue weighted by Crippen LogP contribution is -2.61. The van der Waals surface area contributed by atoms with Crippen LogP contribution in [0.4, 0.5) is 0 Å². The van der Waals surface area contributed by atoms with Crippen LogP contribution in [-0.4, -0.2) is 51.6 Å². The highest BCUT2D eigenvalue weighted by atomic mass is 16.5. The van der Waals surface area contributed by atoms with Crippen LogP contribution in [0, 0.1) is 0 Å². The lowest BCUT2D eigenvalue weighted by Gasteiger charge is -2.47. The van der Waals surface area contributed by atoms with Crippen LogP contribution in [0.2, 0.25) is 0 Å². The van der Waals surface area contributed by atoms with E-state index in [0.717, 1.165) is 58.5 Å². The highest BCUT2D eigenvalue weighted by Gasteiger charge is 2.42. The molecule has 0 bridgehead atoms. The third-order valence-electron chi connectivity index (χ3n) is 3.81. The van der Waals surface area contributed by atoms with Crippen molar-refractivity contribution in [2.45, 2.75) is 37.3 Å². The summed E-state index contributed by atoms with van der Waals surface area (Å²) in [7, 11) is 1.77. The van der Waals surface area contributed by atoms with Gasteiger partial charge in [-0.2, -0.15) is 0 Å². The van der Waals surface area contributed by atoms with Crippen molar-refractivity contribution in [3.05, 3.63) is 0 Å². The summed E-state index contributed by atoms with van der Waals surface area (Å²) in [5.74, 6) is 0. The molecule has 2 aliphatic rings. The summed E-state index contributed by atoms with van der Waals surface area (Å²) in [6.07, 6.45) is 4.55. The van der Waals surface area contributed by atoms with Crippen LogP contribution in [-0.2, 0) is 9.47 Å². The first-order chi connectivity index (χ1) is 7.87. The molecule has 2 aliphatic heterocycles. The molecule has 2 fully saturated rings. The van der Waals surface area contributed by atoms with Gasteiger partial charge in [0.05, 0.1) is 12.2 Å². The minimum absolute atomic E-state index is 0.0945. The van der Waals surface area contributed by atoms with Crippen LogP contribution in [0.3, 0.4) is 0 Å². The fraction of sp³-hybridized carbons (Fsp3) is 1.00. The van der Waals surface area contributed by atoms with Gasteiger partial charge >= 0.3 is 0 Å². The summed E-state index contributed by atoms with van der Waals surface area (Å²) >= 11 is 0. The number of hydrogen-bond donors (Lipinski definition) is 2. The second kappa shape index (κ2) is 5.96. The van der Waals surface area contributed by atoms with Gasteiger partial charge in [0.2, 0.25) is 0 Å². The van der Waals surface area contributed by atoms with Crippen molar-refractivity contribution in [1.82, 2.24) is 10.6 Å². The van der Waals surface area contributed by atoms with Gasteiger partial charge in [0, 0.05) is 26.3 Å². The van der Waals surface area contributed by atoms with Gasteiger partial charge in [-0.15, -0.1) is 0 Å². The monoisotopic (exact) mass is 228 g/mol. The third kappa shape index (κ3) is 2.74. The Morgan fingerprint density at radius 3 is 2.88 bits per heavy atom. The van der Waals surface area contributed by atoms with Crippen molar-refractivity contribution in [3.63, 3.8) is 0 Å². The molecule has 0 saturated carbocycles. The van der Waals surface area contributed by atoms with Gasteiger partial charge in [-0.25, -0.2) is 0 Å². The molecule has 1 spiro atoms. The first kappa shape index (κ1) is 12.3. The fourth-order valence-corrected chi connectivity index (χ4v) is 2.91. The number of ether oxygens (including phenoxy) is 2. The van der Waals surface area contributed by atoms with Crippen molar-refractivity contribution in [2.75, 3.05) is 40.0 Å². The molecule has 16 heavy (non-hydrogen) atoms.